The summed E-state index contributed by atoms with van der Waals surface area (Å²) in [5.41, 5.74) is 0.907. The molecule has 1 aliphatic heterocycles. The highest BCUT2D eigenvalue weighted by Crippen LogP contribution is 2.34. The van der Waals surface area contributed by atoms with Gasteiger partial charge in [0.1, 0.15) is 0 Å². The fourth-order valence-electron chi connectivity index (χ4n) is 1.79. The van der Waals surface area contributed by atoms with E-state index in [1.807, 2.05) is 38.1 Å². The molecule has 0 saturated carbocycles. The molecule has 1 aromatic carbocycles. The Morgan fingerprint density at radius 2 is 2.16 bits per heavy atom. The van der Waals surface area contributed by atoms with E-state index in [0.29, 0.717) is 4.91 Å². The number of thioether (sulfide) groups is 1. The van der Waals surface area contributed by atoms with Crippen molar-refractivity contribution in [1.29, 1.82) is 0 Å². The molecule has 100 valence electrons. The predicted molar refractivity (Wildman–Crippen MR) is 81.7 cm³/mol. The Balaban J connectivity index is 2.28. The highest BCUT2D eigenvalue weighted by atomic mass is 79.9. The molecular formula is C14H14BrNO2S. The maximum Gasteiger partial charge on any atom is 0.293 e. The lowest BCUT2D eigenvalue weighted by atomic mass is 10.2. The highest BCUT2D eigenvalue weighted by molar-refractivity contribution is 9.10. The van der Waals surface area contributed by atoms with Gasteiger partial charge in [0.05, 0.1) is 4.91 Å². The van der Waals surface area contributed by atoms with Crippen LogP contribution in [0, 0.1) is 0 Å². The second-order valence-electron chi connectivity index (χ2n) is 4.36. The minimum Gasteiger partial charge on any atom is -0.268 e. The van der Waals surface area contributed by atoms with E-state index in [-0.39, 0.29) is 17.2 Å². The van der Waals surface area contributed by atoms with Gasteiger partial charge in [-0.15, -0.1) is 0 Å². The second-order valence-corrected chi connectivity index (χ2v) is 6.27. The van der Waals surface area contributed by atoms with E-state index in [9.17, 15) is 9.59 Å². The summed E-state index contributed by atoms with van der Waals surface area (Å²) in [5.74, 6) is -0.190. The van der Waals surface area contributed by atoms with Crippen molar-refractivity contribution in [3.05, 3.63) is 39.2 Å². The lowest BCUT2D eigenvalue weighted by Gasteiger charge is -2.19. The number of rotatable bonds is 3. The quantitative estimate of drug-likeness (QED) is 0.771. The van der Waals surface area contributed by atoms with Crippen LogP contribution in [0.1, 0.15) is 25.8 Å². The molecule has 2 rings (SSSR count). The van der Waals surface area contributed by atoms with Crippen LogP contribution in [0.25, 0.3) is 6.08 Å². The Bertz CT molecular complexity index is 556. The van der Waals surface area contributed by atoms with Crippen molar-refractivity contribution in [1.82, 2.24) is 4.90 Å². The van der Waals surface area contributed by atoms with Crippen LogP contribution in [-0.4, -0.2) is 22.1 Å². The molecule has 0 aliphatic carbocycles. The number of hydrogen-bond acceptors (Lipinski definition) is 3. The van der Waals surface area contributed by atoms with Gasteiger partial charge in [0.2, 0.25) is 0 Å². The monoisotopic (exact) mass is 339 g/mol. The van der Waals surface area contributed by atoms with Crippen LogP contribution in [0.3, 0.4) is 0 Å². The van der Waals surface area contributed by atoms with Crippen molar-refractivity contribution in [2.75, 3.05) is 0 Å². The first-order valence-electron chi connectivity index (χ1n) is 6.05. The zero-order valence-corrected chi connectivity index (χ0v) is 13.1. The number of carbonyl (C=O) groups is 2. The van der Waals surface area contributed by atoms with E-state index in [0.717, 1.165) is 28.2 Å². The molecule has 0 bridgehead atoms. The largest absolute Gasteiger partial charge is 0.293 e. The van der Waals surface area contributed by atoms with Crippen LogP contribution >= 0.6 is 27.7 Å². The van der Waals surface area contributed by atoms with Crippen LogP contribution in [0.5, 0.6) is 0 Å². The minimum absolute atomic E-state index is 0.0547. The Labute approximate surface area is 125 Å². The van der Waals surface area contributed by atoms with Crippen molar-refractivity contribution in [2.24, 2.45) is 0 Å². The van der Waals surface area contributed by atoms with E-state index >= 15 is 0 Å². The number of carbonyl (C=O) groups excluding carboxylic acids is 2. The van der Waals surface area contributed by atoms with Crippen LogP contribution in [-0.2, 0) is 4.79 Å². The topological polar surface area (TPSA) is 37.4 Å². The first kappa shape index (κ1) is 14.3. The van der Waals surface area contributed by atoms with E-state index in [1.165, 1.54) is 4.90 Å². The van der Waals surface area contributed by atoms with Crippen molar-refractivity contribution in [3.8, 4) is 0 Å². The number of imide groups is 1. The first-order chi connectivity index (χ1) is 9.02. The predicted octanol–water partition coefficient (Wildman–Crippen LogP) is 4.28. The third-order valence-corrected chi connectivity index (χ3v) is 4.38. The van der Waals surface area contributed by atoms with Gasteiger partial charge in [-0.2, -0.15) is 0 Å². The SMILES string of the molecule is CC[C@@H](C)N1C(=O)S/C(=C/c2cccc(Br)c2)C1=O. The normalized spacial score (nSPS) is 19.3. The van der Waals surface area contributed by atoms with Gasteiger partial charge in [0.25, 0.3) is 11.1 Å². The smallest absolute Gasteiger partial charge is 0.268 e. The first-order valence-corrected chi connectivity index (χ1v) is 7.66. The highest BCUT2D eigenvalue weighted by Gasteiger charge is 2.37. The number of nitrogens with zero attached hydrogens (tertiary/aromatic N) is 1. The third kappa shape index (κ3) is 3.09. The number of benzene rings is 1. The molecule has 3 nitrogen and oxygen atoms in total. The Kier molecular flexibility index (Phi) is 4.47. The van der Waals surface area contributed by atoms with E-state index in [1.54, 1.807) is 6.08 Å². The van der Waals surface area contributed by atoms with Gasteiger partial charge < -0.3 is 0 Å². The lowest BCUT2D eigenvalue weighted by molar-refractivity contribution is -0.124. The van der Waals surface area contributed by atoms with Crippen LogP contribution in [0.15, 0.2) is 33.6 Å². The van der Waals surface area contributed by atoms with E-state index in [2.05, 4.69) is 15.9 Å². The molecule has 0 unspecified atom stereocenters. The Hall–Kier alpha value is -1.07. The summed E-state index contributed by atoms with van der Waals surface area (Å²) in [6.45, 7) is 3.85. The third-order valence-electron chi connectivity index (χ3n) is 3.00. The van der Waals surface area contributed by atoms with Gasteiger partial charge in [0, 0.05) is 10.5 Å². The summed E-state index contributed by atoms with van der Waals surface area (Å²) in [5, 5.41) is -0.180. The standard InChI is InChI=1S/C14H14BrNO2S/c1-3-9(2)16-13(17)12(19-14(16)18)8-10-5-4-6-11(15)7-10/h4-9H,3H2,1-2H3/b12-8+/t9-/m1/s1. The van der Waals surface area contributed by atoms with Crippen molar-refractivity contribution >= 4 is 44.9 Å². The summed E-state index contributed by atoms with van der Waals surface area (Å²) in [6, 6.07) is 7.58. The van der Waals surface area contributed by atoms with Gasteiger partial charge in [-0.25, -0.2) is 0 Å². The van der Waals surface area contributed by atoms with E-state index in [4.69, 9.17) is 0 Å². The van der Waals surface area contributed by atoms with Gasteiger partial charge in [-0.05, 0) is 48.9 Å². The Morgan fingerprint density at radius 3 is 2.79 bits per heavy atom. The average molecular weight is 340 g/mol. The fraction of sp³-hybridized carbons (Fsp3) is 0.286. The van der Waals surface area contributed by atoms with Gasteiger partial charge in [-0.3, -0.25) is 14.5 Å². The van der Waals surface area contributed by atoms with E-state index < -0.39 is 0 Å². The number of hydrogen-bond donors (Lipinski definition) is 0. The maximum absolute atomic E-state index is 12.2. The number of amides is 2. The molecule has 1 aromatic rings. The molecular weight excluding hydrogens is 326 g/mol. The van der Waals surface area contributed by atoms with Crippen molar-refractivity contribution < 1.29 is 9.59 Å². The molecule has 0 radical (unpaired) electrons. The molecule has 0 N–H and O–H groups in total. The summed E-state index contributed by atoms with van der Waals surface area (Å²) in [6.07, 6.45) is 2.53. The molecule has 0 spiro atoms. The average Bonchev–Trinajstić information content (AvgIpc) is 2.64. The molecule has 1 heterocycles. The molecule has 1 aliphatic rings. The molecule has 2 amide bonds. The van der Waals surface area contributed by atoms with Gasteiger partial charge in [-0.1, -0.05) is 35.0 Å². The minimum atomic E-state index is -0.190. The summed E-state index contributed by atoms with van der Waals surface area (Å²) in [7, 11) is 0. The molecule has 1 atom stereocenters. The molecule has 1 saturated heterocycles. The lowest BCUT2D eigenvalue weighted by Crippen LogP contribution is -2.36. The van der Waals surface area contributed by atoms with Gasteiger partial charge in [0.15, 0.2) is 0 Å². The Morgan fingerprint density at radius 1 is 1.42 bits per heavy atom. The van der Waals surface area contributed by atoms with Crippen molar-refractivity contribution in [3.63, 3.8) is 0 Å². The molecule has 0 aromatic heterocycles. The summed E-state index contributed by atoms with van der Waals surface area (Å²) < 4.78 is 0.947. The van der Waals surface area contributed by atoms with Crippen molar-refractivity contribution in [2.45, 2.75) is 26.3 Å². The molecule has 19 heavy (non-hydrogen) atoms. The summed E-state index contributed by atoms with van der Waals surface area (Å²) in [4.78, 5) is 25.9. The molecule has 1 fully saturated rings. The van der Waals surface area contributed by atoms with Crippen LogP contribution < -0.4 is 0 Å². The second kappa shape index (κ2) is 5.92. The van der Waals surface area contributed by atoms with Crippen LogP contribution in [0.4, 0.5) is 4.79 Å². The zero-order valence-electron chi connectivity index (χ0n) is 10.7. The van der Waals surface area contributed by atoms with Gasteiger partial charge >= 0.3 is 0 Å². The van der Waals surface area contributed by atoms with Crippen LogP contribution in [0.2, 0.25) is 0 Å². The summed E-state index contributed by atoms with van der Waals surface area (Å²) >= 11 is 4.40. The fourth-order valence-corrected chi connectivity index (χ4v) is 3.14. The zero-order chi connectivity index (χ0) is 14.0. The maximum atomic E-state index is 12.2. The molecule has 5 heteroatoms. The number of halogens is 1.